The van der Waals surface area contributed by atoms with Crippen molar-refractivity contribution in [3.63, 3.8) is 0 Å². The lowest BCUT2D eigenvalue weighted by atomic mass is 10.2. The lowest BCUT2D eigenvalue weighted by Crippen LogP contribution is -2.36. The molecule has 0 aliphatic carbocycles. The van der Waals surface area contributed by atoms with Gasteiger partial charge in [0, 0.05) is 11.0 Å². The number of nitrogens with zero attached hydrogens (tertiary/aromatic N) is 1. The molecule has 1 aromatic rings. The Kier molecular flexibility index (Phi) is 5.40. The first-order valence-electron chi connectivity index (χ1n) is 5.31. The predicted molar refractivity (Wildman–Crippen MR) is 72.3 cm³/mol. The topological polar surface area (TPSA) is 62.1 Å². The lowest BCUT2D eigenvalue weighted by Gasteiger charge is -2.15. The smallest absolute Gasteiger partial charge is 0.261 e. The summed E-state index contributed by atoms with van der Waals surface area (Å²) in [7, 11) is 0. The van der Waals surface area contributed by atoms with Crippen molar-refractivity contribution in [1.29, 1.82) is 5.26 Å². The molecule has 0 aliphatic rings. The highest BCUT2D eigenvalue weighted by Gasteiger charge is 2.15. The van der Waals surface area contributed by atoms with Crippen LogP contribution in [0.15, 0.2) is 35.3 Å². The molecule has 0 heterocycles. The molecule has 1 atom stereocenters. The molecule has 1 N–H and O–H groups in total. The summed E-state index contributed by atoms with van der Waals surface area (Å²) in [6.07, 6.45) is -0.675. The van der Waals surface area contributed by atoms with Crippen LogP contribution in [0, 0.1) is 11.3 Å². The average molecular weight is 309 g/mol. The molecular weight excluding hydrogens is 296 g/mol. The SMILES string of the molecule is C=C(Br)CNC(=O)C(C)Oc1ccccc1C#N. The van der Waals surface area contributed by atoms with Gasteiger partial charge >= 0.3 is 0 Å². The van der Waals surface area contributed by atoms with Crippen molar-refractivity contribution in [2.45, 2.75) is 13.0 Å². The highest BCUT2D eigenvalue weighted by molar-refractivity contribution is 9.11. The maximum absolute atomic E-state index is 11.7. The van der Waals surface area contributed by atoms with Gasteiger partial charge in [-0.25, -0.2) is 0 Å². The fraction of sp³-hybridized carbons (Fsp3) is 0.231. The molecule has 0 spiro atoms. The van der Waals surface area contributed by atoms with Crippen molar-refractivity contribution in [1.82, 2.24) is 5.32 Å². The normalized spacial score (nSPS) is 11.2. The Hall–Kier alpha value is -1.80. The molecule has 0 saturated carbocycles. The number of amides is 1. The molecule has 1 amide bonds. The minimum atomic E-state index is -0.675. The monoisotopic (exact) mass is 308 g/mol. The number of benzene rings is 1. The van der Waals surface area contributed by atoms with Gasteiger partial charge in [-0.3, -0.25) is 4.79 Å². The number of carbonyl (C=O) groups excluding carboxylic acids is 1. The second-order valence-corrected chi connectivity index (χ2v) is 4.72. The summed E-state index contributed by atoms with van der Waals surface area (Å²) >= 11 is 3.15. The Bertz CT molecular complexity index is 494. The highest BCUT2D eigenvalue weighted by atomic mass is 79.9. The van der Waals surface area contributed by atoms with E-state index in [4.69, 9.17) is 10.00 Å². The molecule has 5 heteroatoms. The number of hydrogen-bond acceptors (Lipinski definition) is 3. The number of rotatable bonds is 5. The van der Waals surface area contributed by atoms with E-state index in [1.165, 1.54) is 0 Å². The van der Waals surface area contributed by atoms with Crippen molar-refractivity contribution in [3.8, 4) is 11.8 Å². The second kappa shape index (κ2) is 6.82. The van der Waals surface area contributed by atoms with E-state index in [2.05, 4.69) is 27.8 Å². The zero-order valence-corrected chi connectivity index (χ0v) is 11.5. The van der Waals surface area contributed by atoms with E-state index in [0.717, 1.165) is 0 Å². The summed E-state index contributed by atoms with van der Waals surface area (Å²) in [6, 6.07) is 8.80. The van der Waals surface area contributed by atoms with Gasteiger partial charge < -0.3 is 10.1 Å². The third-order valence-electron chi connectivity index (χ3n) is 2.13. The number of nitriles is 1. The van der Waals surface area contributed by atoms with Crippen molar-refractivity contribution < 1.29 is 9.53 Å². The van der Waals surface area contributed by atoms with Crippen molar-refractivity contribution in [2.75, 3.05) is 6.54 Å². The Morgan fingerprint density at radius 3 is 2.89 bits per heavy atom. The minimum Gasteiger partial charge on any atom is -0.480 e. The fourth-order valence-corrected chi connectivity index (χ4v) is 1.37. The van der Waals surface area contributed by atoms with Gasteiger partial charge in [0.25, 0.3) is 5.91 Å². The third-order valence-corrected chi connectivity index (χ3v) is 2.42. The second-order valence-electron chi connectivity index (χ2n) is 3.60. The van der Waals surface area contributed by atoms with Gasteiger partial charge in [0.1, 0.15) is 11.8 Å². The molecule has 1 rings (SSSR count). The van der Waals surface area contributed by atoms with Gasteiger partial charge in [-0.05, 0) is 19.1 Å². The largest absolute Gasteiger partial charge is 0.480 e. The Morgan fingerprint density at radius 1 is 1.61 bits per heavy atom. The van der Waals surface area contributed by atoms with Crippen molar-refractivity contribution in [2.24, 2.45) is 0 Å². The fourth-order valence-electron chi connectivity index (χ4n) is 1.23. The number of hydrogen-bond donors (Lipinski definition) is 1. The van der Waals surface area contributed by atoms with Gasteiger partial charge in [0.2, 0.25) is 0 Å². The molecule has 0 fully saturated rings. The van der Waals surface area contributed by atoms with Crippen LogP contribution < -0.4 is 10.1 Å². The van der Waals surface area contributed by atoms with Crippen LogP contribution in [0.1, 0.15) is 12.5 Å². The van der Waals surface area contributed by atoms with E-state index in [9.17, 15) is 4.79 Å². The summed E-state index contributed by atoms with van der Waals surface area (Å²) in [6.45, 7) is 5.58. The Morgan fingerprint density at radius 2 is 2.28 bits per heavy atom. The highest BCUT2D eigenvalue weighted by Crippen LogP contribution is 2.18. The molecule has 1 aromatic carbocycles. The van der Waals surface area contributed by atoms with Crippen LogP contribution in [0.5, 0.6) is 5.75 Å². The average Bonchev–Trinajstić information content (AvgIpc) is 2.36. The van der Waals surface area contributed by atoms with Crippen molar-refractivity contribution in [3.05, 3.63) is 40.9 Å². The first-order valence-corrected chi connectivity index (χ1v) is 6.10. The van der Waals surface area contributed by atoms with Gasteiger partial charge in [-0.1, -0.05) is 34.6 Å². The maximum Gasteiger partial charge on any atom is 0.261 e. The van der Waals surface area contributed by atoms with Crippen LogP contribution in [0.2, 0.25) is 0 Å². The lowest BCUT2D eigenvalue weighted by molar-refractivity contribution is -0.127. The van der Waals surface area contributed by atoms with E-state index in [1.807, 2.05) is 6.07 Å². The minimum absolute atomic E-state index is 0.261. The standard InChI is InChI=1S/C13H13BrN2O2/c1-9(14)8-16-13(17)10(2)18-12-6-4-3-5-11(12)7-15/h3-6,10H,1,8H2,2H3,(H,16,17). The Labute approximate surface area is 114 Å². The summed E-state index contributed by atoms with van der Waals surface area (Å²) in [5.74, 6) is 0.142. The summed E-state index contributed by atoms with van der Waals surface area (Å²) < 4.78 is 6.13. The van der Waals surface area contributed by atoms with Gasteiger partial charge in [0.05, 0.1) is 5.56 Å². The molecule has 0 radical (unpaired) electrons. The third kappa shape index (κ3) is 4.22. The van der Waals surface area contributed by atoms with E-state index in [-0.39, 0.29) is 5.91 Å². The Balaban J connectivity index is 2.64. The molecule has 0 bridgehead atoms. The van der Waals surface area contributed by atoms with E-state index >= 15 is 0 Å². The first-order chi connectivity index (χ1) is 8.54. The van der Waals surface area contributed by atoms with Crippen LogP contribution in [0.3, 0.4) is 0 Å². The molecular formula is C13H13BrN2O2. The number of halogens is 1. The molecule has 0 aliphatic heterocycles. The summed E-state index contributed by atoms with van der Waals surface area (Å²) in [4.78, 5) is 11.7. The molecule has 0 saturated heterocycles. The number of carbonyl (C=O) groups is 1. The molecule has 94 valence electrons. The summed E-state index contributed by atoms with van der Waals surface area (Å²) in [5.41, 5.74) is 0.405. The zero-order valence-electron chi connectivity index (χ0n) is 9.94. The number of ether oxygens (including phenoxy) is 1. The number of nitrogens with one attached hydrogen (secondary N) is 1. The van der Waals surface area contributed by atoms with Gasteiger partial charge in [0.15, 0.2) is 6.10 Å². The van der Waals surface area contributed by atoms with Gasteiger partial charge in [-0.2, -0.15) is 5.26 Å². The van der Waals surface area contributed by atoms with Gasteiger partial charge in [-0.15, -0.1) is 0 Å². The summed E-state index contributed by atoms with van der Waals surface area (Å²) in [5, 5.41) is 11.5. The van der Waals surface area contributed by atoms with E-state index in [1.54, 1.807) is 31.2 Å². The molecule has 1 unspecified atom stereocenters. The van der Waals surface area contributed by atoms with E-state index in [0.29, 0.717) is 22.3 Å². The molecule has 4 nitrogen and oxygen atoms in total. The first kappa shape index (κ1) is 14.3. The van der Waals surface area contributed by atoms with Crippen LogP contribution in [0.4, 0.5) is 0 Å². The molecule has 0 aromatic heterocycles. The maximum atomic E-state index is 11.7. The van der Waals surface area contributed by atoms with Crippen LogP contribution >= 0.6 is 15.9 Å². The number of para-hydroxylation sites is 1. The zero-order chi connectivity index (χ0) is 13.5. The van der Waals surface area contributed by atoms with Crippen LogP contribution in [-0.2, 0) is 4.79 Å². The quantitative estimate of drug-likeness (QED) is 0.908. The van der Waals surface area contributed by atoms with Crippen LogP contribution in [-0.4, -0.2) is 18.6 Å². The van der Waals surface area contributed by atoms with E-state index < -0.39 is 6.10 Å². The predicted octanol–water partition coefficient (Wildman–Crippen LogP) is 2.35. The van der Waals surface area contributed by atoms with Crippen molar-refractivity contribution >= 4 is 21.8 Å². The van der Waals surface area contributed by atoms with Crippen LogP contribution in [0.25, 0.3) is 0 Å². The molecule has 18 heavy (non-hydrogen) atoms.